The highest BCUT2D eigenvalue weighted by Crippen LogP contribution is 2.55. The molecule has 0 aliphatic heterocycles. The Bertz CT molecular complexity index is 215. The molecule has 0 rings (SSSR count). The van der Waals surface area contributed by atoms with Gasteiger partial charge in [-0.3, -0.25) is 0 Å². The molecule has 0 aromatic carbocycles. The third kappa shape index (κ3) is 3.73. The van der Waals surface area contributed by atoms with E-state index in [-0.39, 0.29) is 0 Å². The summed E-state index contributed by atoms with van der Waals surface area (Å²) >= 11 is 0. The lowest BCUT2D eigenvalue weighted by molar-refractivity contribution is -0.0465. The Labute approximate surface area is 111 Å². The van der Waals surface area contributed by atoms with E-state index in [0.29, 0.717) is 16.2 Å². The Balaban J connectivity index is 4.75. The summed E-state index contributed by atoms with van der Waals surface area (Å²) in [5, 5.41) is 0. The van der Waals surface area contributed by atoms with E-state index in [0.717, 1.165) is 5.92 Å². The van der Waals surface area contributed by atoms with Crippen molar-refractivity contribution < 1.29 is 0 Å². The van der Waals surface area contributed by atoms with Crippen molar-refractivity contribution in [3.63, 3.8) is 0 Å². The lowest BCUT2D eigenvalue weighted by atomic mass is 9.51. The maximum absolute atomic E-state index is 2.47. The van der Waals surface area contributed by atoms with E-state index >= 15 is 0 Å². The van der Waals surface area contributed by atoms with E-state index < -0.39 is 0 Å². The summed E-state index contributed by atoms with van der Waals surface area (Å²) in [5.74, 6) is 0.795. The topological polar surface area (TPSA) is 0 Å². The fourth-order valence-corrected chi connectivity index (χ4v) is 2.64. The minimum Gasteiger partial charge on any atom is -0.0654 e. The van der Waals surface area contributed by atoms with Crippen LogP contribution in [-0.2, 0) is 0 Å². The zero-order chi connectivity index (χ0) is 13.9. The fraction of sp³-hybridized carbons (Fsp3) is 1.00. The molecule has 0 nitrogen and oxygen atoms in total. The van der Waals surface area contributed by atoms with Crippen LogP contribution in [0.1, 0.15) is 88.0 Å². The van der Waals surface area contributed by atoms with Crippen LogP contribution in [0.15, 0.2) is 0 Å². The monoisotopic (exact) mass is 240 g/mol. The van der Waals surface area contributed by atoms with Crippen LogP contribution >= 0.6 is 0 Å². The first-order valence-electron chi connectivity index (χ1n) is 7.48. The van der Waals surface area contributed by atoms with Crippen LogP contribution in [0.5, 0.6) is 0 Å². The van der Waals surface area contributed by atoms with Gasteiger partial charge in [0, 0.05) is 0 Å². The molecule has 17 heavy (non-hydrogen) atoms. The summed E-state index contributed by atoms with van der Waals surface area (Å²) in [7, 11) is 0. The first-order chi connectivity index (χ1) is 7.48. The Hall–Kier alpha value is 0. The molecule has 0 fully saturated rings. The molecule has 0 aromatic rings. The van der Waals surface area contributed by atoms with Crippen molar-refractivity contribution in [3.8, 4) is 0 Å². The number of hydrogen-bond acceptors (Lipinski definition) is 0. The van der Waals surface area contributed by atoms with Crippen molar-refractivity contribution in [3.05, 3.63) is 0 Å². The summed E-state index contributed by atoms with van der Waals surface area (Å²) in [6.07, 6.45) is 5.48. The van der Waals surface area contributed by atoms with E-state index in [2.05, 4.69) is 62.3 Å². The first kappa shape index (κ1) is 17.0. The van der Waals surface area contributed by atoms with Crippen molar-refractivity contribution in [2.45, 2.75) is 88.0 Å². The molecular formula is C17H36. The average Bonchev–Trinajstić information content (AvgIpc) is 2.15. The highest BCUT2D eigenvalue weighted by atomic mass is 14.5. The number of rotatable bonds is 6. The Kier molecular flexibility index (Phi) is 5.76. The van der Waals surface area contributed by atoms with Crippen LogP contribution in [-0.4, -0.2) is 0 Å². The minimum atomic E-state index is 0.353. The maximum atomic E-state index is 2.47. The molecule has 0 aromatic heterocycles. The standard InChI is InChI=1S/C17H36/c1-10-11-12-13-14(2)16(6,7)17(8,9)15(3,4)5/h14H,10-13H2,1-9H3. The van der Waals surface area contributed by atoms with Gasteiger partial charge in [-0.15, -0.1) is 0 Å². The summed E-state index contributed by atoms with van der Waals surface area (Å²) in [4.78, 5) is 0. The first-order valence-corrected chi connectivity index (χ1v) is 7.48. The van der Waals surface area contributed by atoms with Crippen LogP contribution in [0.4, 0.5) is 0 Å². The van der Waals surface area contributed by atoms with Gasteiger partial charge in [-0.25, -0.2) is 0 Å². The largest absolute Gasteiger partial charge is 0.0654 e. The zero-order valence-corrected chi connectivity index (χ0v) is 13.9. The van der Waals surface area contributed by atoms with Crippen LogP contribution in [0.25, 0.3) is 0 Å². The van der Waals surface area contributed by atoms with Crippen molar-refractivity contribution in [2.75, 3.05) is 0 Å². The SMILES string of the molecule is CCCCCC(C)C(C)(C)C(C)(C)C(C)(C)C. The van der Waals surface area contributed by atoms with Crippen molar-refractivity contribution in [1.82, 2.24) is 0 Å². The van der Waals surface area contributed by atoms with E-state index in [1.165, 1.54) is 25.7 Å². The van der Waals surface area contributed by atoms with Gasteiger partial charge in [0.25, 0.3) is 0 Å². The van der Waals surface area contributed by atoms with Crippen molar-refractivity contribution in [2.24, 2.45) is 22.2 Å². The Morgan fingerprint density at radius 1 is 0.824 bits per heavy atom. The Morgan fingerprint density at radius 3 is 1.65 bits per heavy atom. The molecule has 0 spiro atoms. The molecule has 0 radical (unpaired) electrons. The Morgan fingerprint density at radius 2 is 1.29 bits per heavy atom. The van der Waals surface area contributed by atoms with Gasteiger partial charge in [-0.1, -0.05) is 88.0 Å². The zero-order valence-electron chi connectivity index (χ0n) is 13.9. The lowest BCUT2D eigenvalue weighted by Gasteiger charge is -2.54. The minimum absolute atomic E-state index is 0.353. The summed E-state index contributed by atoms with van der Waals surface area (Å²) < 4.78 is 0. The van der Waals surface area contributed by atoms with E-state index in [4.69, 9.17) is 0 Å². The molecule has 0 heterocycles. The highest BCUT2D eigenvalue weighted by molar-refractivity contribution is 4.96. The third-order valence-electron chi connectivity index (χ3n) is 5.96. The molecule has 0 saturated carbocycles. The molecule has 0 aliphatic rings. The molecular weight excluding hydrogens is 204 g/mol. The van der Waals surface area contributed by atoms with E-state index in [1.807, 2.05) is 0 Å². The van der Waals surface area contributed by atoms with E-state index in [1.54, 1.807) is 0 Å². The highest BCUT2D eigenvalue weighted by Gasteiger charge is 2.47. The number of unbranched alkanes of at least 4 members (excludes halogenated alkanes) is 2. The second-order valence-electron chi connectivity index (χ2n) is 7.99. The van der Waals surface area contributed by atoms with Gasteiger partial charge in [0.05, 0.1) is 0 Å². The molecule has 0 heteroatoms. The van der Waals surface area contributed by atoms with Crippen molar-refractivity contribution >= 4 is 0 Å². The molecule has 0 saturated heterocycles. The van der Waals surface area contributed by atoms with Gasteiger partial charge < -0.3 is 0 Å². The lowest BCUT2D eigenvalue weighted by Crippen LogP contribution is -2.46. The van der Waals surface area contributed by atoms with Gasteiger partial charge in [0.1, 0.15) is 0 Å². The van der Waals surface area contributed by atoms with Gasteiger partial charge in [-0.2, -0.15) is 0 Å². The average molecular weight is 240 g/mol. The van der Waals surface area contributed by atoms with Crippen LogP contribution in [0, 0.1) is 22.2 Å². The van der Waals surface area contributed by atoms with Crippen molar-refractivity contribution in [1.29, 1.82) is 0 Å². The van der Waals surface area contributed by atoms with Crippen LogP contribution in [0.2, 0.25) is 0 Å². The second kappa shape index (κ2) is 5.76. The predicted molar refractivity (Wildman–Crippen MR) is 80.3 cm³/mol. The van der Waals surface area contributed by atoms with Gasteiger partial charge in [-0.05, 0) is 22.2 Å². The fourth-order valence-electron chi connectivity index (χ4n) is 2.64. The van der Waals surface area contributed by atoms with E-state index in [9.17, 15) is 0 Å². The normalized spacial score (nSPS) is 16.1. The maximum Gasteiger partial charge on any atom is -0.0252 e. The molecule has 1 unspecified atom stereocenters. The predicted octanol–water partition coefficient (Wildman–Crippen LogP) is 6.30. The molecule has 1 atom stereocenters. The van der Waals surface area contributed by atoms with Gasteiger partial charge >= 0.3 is 0 Å². The molecule has 0 aliphatic carbocycles. The molecule has 0 amide bonds. The molecule has 0 N–H and O–H groups in total. The third-order valence-corrected chi connectivity index (χ3v) is 5.96. The number of hydrogen-bond donors (Lipinski definition) is 0. The second-order valence-corrected chi connectivity index (χ2v) is 7.99. The summed E-state index contributed by atoms with van der Waals surface area (Å²) in [6.45, 7) is 21.7. The summed E-state index contributed by atoms with van der Waals surface area (Å²) in [5.41, 5.74) is 1.10. The summed E-state index contributed by atoms with van der Waals surface area (Å²) in [6, 6.07) is 0. The van der Waals surface area contributed by atoms with Gasteiger partial charge in [0.15, 0.2) is 0 Å². The quantitative estimate of drug-likeness (QED) is 0.478. The van der Waals surface area contributed by atoms with Crippen LogP contribution in [0.3, 0.4) is 0 Å². The smallest absolute Gasteiger partial charge is 0.0252 e. The van der Waals surface area contributed by atoms with Gasteiger partial charge in [0.2, 0.25) is 0 Å². The van der Waals surface area contributed by atoms with Crippen LogP contribution < -0.4 is 0 Å². The molecule has 0 bridgehead atoms. The molecule has 104 valence electrons.